The zero-order chi connectivity index (χ0) is 14.1. The van der Waals surface area contributed by atoms with Crippen LogP contribution in [0.15, 0.2) is 30.3 Å². The number of hydrogen-bond acceptors (Lipinski definition) is 1. The summed E-state index contributed by atoms with van der Waals surface area (Å²) in [5, 5.41) is 5.86. The zero-order valence-corrected chi connectivity index (χ0v) is 12.3. The first-order valence-corrected chi connectivity index (χ1v) is 6.91. The molecule has 3 nitrogen and oxygen atoms in total. The Morgan fingerprint density at radius 1 is 1.05 bits per heavy atom. The molecule has 0 aliphatic heterocycles. The van der Waals surface area contributed by atoms with Gasteiger partial charge in [0.2, 0.25) is 0 Å². The van der Waals surface area contributed by atoms with Crippen LogP contribution in [0.5, 0.6) is 0 Å². The summed E-state index contributed by atoms with van der Waals surface area (Å²) in [6, 6.07) is 9.86. The zero-order valence-electron chi connectivity index (χ0n) is 12.3. The quantitative estimate of drug-likeness (QED) is 0.857. The lowest BCUT2D eigenvalue weighted by Gasteiger charge is -2.08. The Kier molecular flexibility index (Phi) is 3.57. The summed E-state index contributed by atoms with van der Waals surface area (Å²) < 4.78 is 0. The smallest absolute Gasteiger partial charge is 0.315 e. The van der Waals surface area contributed by atoms with Crippen molar-refractivity contribution in [1.29, 1.82) is 0 Å². The van der Waals surface area contributed by atoms with Crippen molar-refractivity contribution in [3.8, 4) is 0 Å². The maximum Gasteiger partial charge on any atom is 0.315 e. The molecule has 2 rings (SSSR count). The van der Waals surface area contributed by atoms with Crippen molar-refractivity contribution < 1.29 is 4.79 Å². The highest BCUT2D eigenvalue weighted by Crippen LogP contribution is 2.67. The summed E-state index contributed by atoms with van der Waals surface area (Å²) in [6.45, 7) is 10.4. The van der Waals surface area contributed by atoms with E-state index in [1.54, 1.807) is 0 Å². The fraction of sp³-hybridized carbons (Fsp3) is 0.562. The van der Waals surface area contributed by atoms with Gasteiger partial charge in [-0.1, -0.05) is 58.0 Å². The van der Waals surface area contributed by atoms with Crippen LogP contribution in [-0.2, 0) is 6.54 Å². The van der Waals surface area contributed by atoms with E-state index in [2.05, 4.69) is 38.3 Å². The molecule has 1 aromatic rings. The first-order valence-electron chi connectivity index (χ1n) is 6.91. The lowest BCUT2D eigenvalue weighted by molar-refractivity contribution is 0.239. The second-order valence-electron chi connectivity index (χ2n) is 6.55. The molecule has 0 heterocycles. The van der Waals surface area contributed by atoms with Gasteiger partial charge in [0.15, 0.2) is 0 Å². The minimum atomic E-state index is -0.0812. The first-order chi connectivity index (χ1) is 8.85. The molecule has 3 heteroatoms. The molecule has 0 atom stereocenters. The molecule has 0 aromatic heterocycles. The standard InChI is InChI=1S/C16H24N2O/c1-15(2)13(16(15,3)4)11-18-14(19)17-10-12-8-6-5-7-9-12/h5-9,13H,10-11H2,1-4H3,(H2,17,18,19). The third kappa shape index (κ3) is 2.75. The van der Waals surface area contributed by atoms with Crippen LogP contribution in [0.4, 0.5) is 4.79 Å². The van der Waals surface area contributed by atoms with E-state index in [1.165, 1.54) is 0 Å². The molecule has 2 amide bonds. The maximum absolute atomic E-state index is 11.7. The second kappa shape index (κ2) is 4.87. The largest absolute Gasteiger partial charge is 0.338 e. The topological polar surface area (TPSA) is 41.1 Å². The molecule has 1 saturated carbocycles. The molecule has 19 heavy (non-hydrogen) atoms. The van der Waals surface area contributed by atoms with Crippen molar-refractivity contribution in [2.45, 2.75) is 34.2 Å². The Bertz CT molecular complexity index is 437. The van der Waals surface area contributed by atoms with Crippen LogP contribution in [0, 0.1) is 16.7 Å². The van der Waals surface area contributed by atoms with E-state index in [9.17, 15) is 4.79 Å². The molecule has 0 radical (unpaired) electrons. The molecule has 1 aromatic carbocycles. The van der Waals surface area contributed by atoms with Gasteiger partial charge in [-0.05, 0) is 22.3 Å². The van der Waals surface area contributed by atoms with Gasteiger partial charge in [0.25, 0.3) is 0 Å². The average molecular weight is 260 g/mol. The number of benzene rings is 1. The third-order valence-corrected chi connectivity index (χ3v) is 5.08. The summed E-state index contributed by atoms with van der Waals surface area (Å²) in [5.74, 6) is 0.558. The van der Waals surface area contributed by atoms with Crippen LogP contribution in [0.25, 0.3) is 0 Å². The highest BCUT2D eigenvalue weighted by Gasteiger charge is 2.64. The Balaban J connectivity index is 1.72. The van der Waals surface area contributed by atoms with Gasteiger partial charge in [0.1, 0.15) is 0 Å². The van der Waals surface area contributed by atoms with Crippen molar-refractivity contribution in [2.75, 3.05) is 6.54 Å². The monoisotopic (exact) mass is 260 g/mol. The summed E-state index contributed by atoms with van der Waals surface area (Å²) in [7, 11) is 0. The molecule has 0 bridgehead atoms. The summed E-state index contributed by atoms with van der Waals surface area (Å²) in [6.07, 6.45) is 0. The number of rotatable bonds is 4. The Morgan fingerprint density at radius 2 is 1.63 bits per heavy atom. The van der Waals surface area contributed by atoms with Crippen LogP contribution in [-0.4, -0.2) is 12.6 Å². The lowest BCUT2D eigenvalue weighted by atomic mass is 10.0. The number of carbonyl (C=O) groups excluding carboxylic acids is 1. The van der Waals surface area contributed by atoms with Crippen molar-refractivity contribution >= 4 is 6.03 Å². The highest BCUT2D eigenvalue weighted by atomic mass is 16.2. The number of carbonyl (C=O) groups is 1. The van der Waals surface area contributed by atoms with E-state index in [4.69, 9.17) is 0 Å². The molecule has 0 spiro atoms. The predicted octanol–water partition coefficient (Wildman–Crippen LogP) is 3.17. The fourth-order valence-electron chi connectivity index (χ4n) is 2.88. The van der Waals surface area contributed by atoms with Crippen LogP contribution >= 0.6 is 0 Å². The summed E-state index contributed by atoms with van der Waals surface area (Å²) >= 11 is 0. The van der Waals surface area contributed by atoms with Gasteiger partial charge in [0.05, 0.1) is 0 Å². The minimum absolute atomic E-state index is 0.0812. The minimum Gasteiger partial charge on any atom is -0.338 e. The molecule has 2 N–H and O–H groups in total. The van der Waals surface area contributed by atoms with E-state index in [0.717, 1.165) is 12.1 Å². The molecular formula is C16H24N2O. The first kappa shape index (κ1) is 13.9. The molecule has 1 aliphatic rings. The van der Waals surface area contributed by atoms with Crippen molar-refractivity contribution in [3.05, 3.63) is 35.9 Å². The molecular weight excluding hydrogens is 236 g/mol. The molecule has 1 aliphatic carbocycles. The molecule has 0 saturated heterocycles. The normalized spacial score (nSPS) is 19.8. The average Bonchev–Trinajstić information content (AvgIpc) is 2.76. The SMILES string of the molecule is CC1(C)C(CNC(=O)NCc2ccccc2)C1(C)C. The van der Waals surface area contributed by atoms with E-state index in [-0.39, 0.29) is 6.03 Å². The van der Waals surface area contributed by atoms with E-state index in [0.29, 0.717) is 23.3 Å². The summed E-state index contributed by atoms with van der Waals surface area (Å²) in [5.41, 5.74) is 1.75. The fourth-order valence-corrected chi connectivity index (χ4v) is 2.88. The van der Waals surface area contributed by atoms with Crippen LogP contribution < -0.4 is 10.6 Å². The van der Waals surface area contributed by atoms with Crippen molar-refractivity contribution in [1.82, 2.24) is 10.6 Å². The number of nitrogens with one attached hydrogen (secondary N) is 2. The predicted molar refractivity (Wildman–Crippen MR) is 77.7 cm³/mol. The van der Waals surface area contributed by atoms with Crippen LogP contribution in [0.2, 0.25) is 0 Å². The summed E-state index contributed by atoms with van der Waals surface area (Å²) in [4.78, 5) is 11.7. The van der Waals surface area contributed by atoms with Crippen molar-refractivity contribution in [2.24, 2.45) is 16.7 Å². The molecule has 0 unspecified atom stereocenters. The molecule has 1 fully saturated rings. The number of hydrogen-bond donors (Lipinski definition) is 2. The Morgan fingerprint density at radius 3 is 2.16 bits per heavy atom. The molecule has 104 valence electrons. The maximum atomic E-state index is 11.7. The Hall–Kier alpha value is -1.51. The van der Waals surface area contributed by atoms with Crippen LogP contribution in [0.3, 0.4) is 0 Å². The Labute approximate surface area is 115 Å². The van der Waals surface area contributed by atoms with E-state index in [1.807, 2.05) is 30.3 Å². The van der Waals surface area contributed by atoms with Gasteiger partial charge < -0.3 is 10.6 Å². The van der Waals surface area contributed by atoms with Gasteiger partial charge in [-0.25, -0.2) is 4.79 Å². The lowest BCUT2D eigenvalue weighted by Crippen LogP contribution is -2.36. The van der Waals surface area contributed by atoms with Gasteiger partial charge in [-0.2, -0.15) is 0 Å². The third-order valence-electron chi connectivity index (χ3n) is 5.08. The van der Waals surface area contributed by atoms with Crippen molar-refractivity contribution in [3.63, 3.8) is 0 Å². The van der Waals surface area contributed by atoms with Gasteiger partial charge in [-0.3, -0.25) is 0 Å². The number of urea groups is 1. The van der Waals surface area contributed by atoms with Gasteiger partial charge >= 0.3 is 6.03 Å². The van der Waals surface area contributed by atoms with Gasteiger partial charge in [-0.15, -0.1) is 0 Å². The number of amides is 2. The second-order valence-corrected chi connectivity index (χ2v) is 6.55. The van der Waals surface area contributed by atoms with E-state index >= 15 is 0 Å². The van der Waals surface area contributed by atoms with E-state index < -0.39 is 0 Å². The van der Waals surface area contributed by atoms with Crippen LogP contribution in [0.1, 0.15) is 33.3 Å². The highest BCUT2D eigenvalue weighted by molar-refractivity contribution is 5.73. The van der Waals surface area contributed by atoms with Gasteiger partial charge in [0, 0.05) is 13.1 Å².